The van der Waals surface area contributed by atoms with Gasteiger partial charge in [-0.05, 0) is 31.5 Å². The molecule has 0 saturated carbocycles. The molecule has 0 saturated heterocycles. The van der Waals surface area contributed by atoms with Crippen molar-refractivity contribution in [2.24, 2.45) is 0 Å². The van der Waals surface area contributed by atoms with Crippen LogP contribution in [0.4, 0.5) is 0 Å². The number of carbonyl (C=O) groups is 1. The lowest BCUT2D eigenvalue weighted by Crippen LogP contribution is -2.26. The van der Waals surface area contributed by atoms with E-state index >= 15 is 0 Å². The lowest BCUT2D eigenvalue weighted by Gasteiger charge is -2.14. The van der Waals surface area contributed by atoms with Gasteiger partial charge in [-0.15, -0.1) is 11.3 Å². The fourth-order valence-corrected chi connectivity index (χ4v) is 2.75. The van der Waals surface area contributed by atoms with Crippen LogP contribution in [-0.4, -0.2) is 25.7 Å². The van der Waals surface area contributed by atoms with Crippen LogP contribution in [0.2, 0.25) is 0 Å². The summed E-state index contributed by atoms with van der Waals surface area (Å²) in [6.07, 6.45) is 3.14. The van der Waals surface area contributed by atoms with Crippen LogP contribution in [0.25, 0.3) is 5.69 Å². The van der Waals surface area contributed by atoms with Gasteiger partial charge in [0.15, 0.2) is 5.01 Å². The Labute approximate surface area is 131 Å². The van der Waals surface area contributed by atoms with E-state index in [2.05, 4.69) is 20.4 Å². The molecule has 3 rings (SSSR count). The first-order valence-electron chi connectivity index (χ1n) is 6.81. The van der Waals surface area contributed by atoms with Crippen molar-refractivity contribution in [2.75, 3.05) is 0 Å². The monoisotopic (exact) mass is 313 g/mol. The summed E-state index contributed by atoms with van der Waals surface area (Å²) >= 11 is 1.35. The molecule has 2 aromatic heterocycles. The van der Waals surface area contributed by atoms with E-state index < -0.39 is 0 Å². The molecule has 22 heavy (non-hydrogen) atoms. The van der Waals surface area contributed by atoms with Gasteiger partial charge in [0.05, 0.1) is 11.7 Å². The average molecular weight is 313 g/mol. The van der Waals surface area contributed by atoms with Crippen LogP contribution >= 0.6 is 11.3 Å². The van der Waals surface area contributed by atoms with Gasteiger partial charge in [-0.1, -0.05) is 12.1 Å². The second-order valence-corrected chi connectivity index (χ2v) is 5.78. The van der Waals surface area contributed by atoms with Crippen molar-refractivity contribution in [3.05, 3.63) is 58.6 Å². The molecular formula is C15H15N5OS. The number of thiazole rings is 1. The highest BCUT2D eigenvalue weighted by Gasteiger charge is 2.14. The number of hydrogen-bond acceptors (Lipinski definition) is 5. The molecule has 0 bridgehead atoms. The molecule has 0 spiro atoms. The molecule has 1 aromatic carbocycles. The van der Waals surface area contributed by atoms with Gasteiger partial charge in [0.25, 0.3) is 5.91 Å². The number of aryl methyl sites for hydroxylation is 1. The van der Waals surface area contributed by atoms with E-state index in [0.29, 0.717) is 5.01 Å². The Kier molecular flexibility index (Phi) is 3.97. The summed E-state index contributed by atoms with van der Waals surface area (Å²) in [5.41, 5.74) is 2.81. The SMILES string of the molecule is Cc1csc(C(=O)N[C@H](C)c2ccc(-n3cncn3)cc2)n1. The molecule has 7 heteroatoms. The number of rotatable bonds is 4. The van der Waals surface area contributed by atoms with Crippen molar-refractivity contribution in [1.82, 2.24) is 25.1 Å². The zero-order valence-electron chi connectivity index (χ0n) is 12.2. The molecule has 1 N–H and O–H groups in total. The number of aromatic nitrogens is 4. The van der Waals surface area contributed by atoms with Crippen LogP contribution in [0, 0.1) is 6.92 Å². The zero-order valence-corrected chi connectivity index (χ0v) is 13.0. The van der Waals surface area contributed by atoms with Crippen LogP contribution in [0.5, 0.6) is 0 Å². The molecule has 2 heterocycles. The molecule has 0 fully saturated rings. The molecule has 0 aliphatic rings. The van der Waals surface area contributed by atoms with Crippen LogP contribution in [-0.2, 0) is 0 Å². The van der Waals surface area contributed by atoms with Crippen molar-refractivity contribution in [3.63, 3.8) is 0 Å². The number of hydrogen-bond donors (Lipinski definition) is 1. The summed E-state index contributed by atoms with van der Waals surface area (Å²) in [6.45, 7) is 3.82. The fourth-order valence-electron chi connectivity index (χ4n) is 2.06. The van der Waals surface area contributed by atoms with Gasteiger partial charge in [-0.25, -0.2) is 14.6 Å². The summed E-state index contributed by atoms with van der Waals surface area (Å²) < 4.78 is 1.69. The Balaban J connectivity index is 1.69. The smallest absolute Gasteiger partial charge is 0.280 e. The highest BCUT2D eigenvalue weighted by Crippen LogP contribution is 2.16. The number of nitrogens with zero attached hydrogens (tertiary/aromatic N) is 4. The van der Waals surface area contributed by atoms with Gasteiger partial charge >= 0.3 is 0 Å². The third-order valence-corrected chi connectivity index (χ3v) is 4.20. The van der Waals surface area contributed by atoms with Gasteiger partial charge in [0.1, 0.15) is 12.7 Å². The number of benzene rings is 1. The molecular weight excluding hydrogens is 298 g/mol. The van der Waals surface area contributed by atoms with E-state index in [4.69, 9.17) is 0 Å². The van der Waals surface area contributed by atoms with Crippen LogP contribution < -0.4 is 5.32 Å². The minimum atomic E-state index is -0.147. The molecule has 3 aromatic rings. The van der Waals surface area contributed by atoms with Crippen LogP contribution in [0.3, 0.4) is 0 Å². The normalized spacial score (nSPS) is 12.1. The Bertz CT molecular complexity index is 764. The Morgan fingerprint density at radius 1 is 1.32 bits per heavy atom. The number of nitrogens with one attached hydrogen (secondary N) is 1. The van der Waals surface area contributed by atoms with Crippen LogP contribution in [0.1, 0.15) is 34.0 Å². The summed E-state index contributed by atoms with van der Waals surface area (Å²) in [6, 6.07) is 7.73. The van der Waals surface area contributed by atoms with Gasteiger partial charge in [0.2, 0.25) is 0 Å². The third kappa shape index (κ3) is 3.04. The van der Waals surface area contributed by atoms with Crippen LogP contribution in [0.15, 0.2) is 42.3 Å². The Morgan fingerprint density at radius 3 is 2.68 bits per heavy atom. The van der Waals surface area contributed by atoms with Crippen molar-refractivity contribution in [2.45, 2.75) is 19.9 Å². The molecule has 1 atom stereocenters. The Morgan fingerprint density at radius 2 is 2.09 bits per heavy atom. The van der Waals surface area contributed by atoms with Gasteiger partial charge in [-0.3, -0.25) is 4.79 Å². The van der Waals surface area contributed by atoms with Crippen molar-refractivity contribution < 1.29 is 4.79 Å². The van der Waals surface area contributed by atoms with E-state index in [-0.39, 0.29) is 11.9 Å². The highest BCUT2D eigenvalue weighted by atomic mass is 32.1. The molecule has 0 aliphatic carbocycles. The topological polar surface area (TPSA) is 72.7 Å². The van der Waals surface area contributed by atoms with Crippen molar-refractivity contribution in [1.29, 1.82) is 0 Å². The maximum Gasteiger partial charge on any atom is 0.280 e. The van der Waals surface area contributed by atoms with E-state index in [0.717, 1.165) is 16.9 Å². The predicted octanol–water partition coefficient (Wildman–Crippen LogP) is 2.52. The summed E-state index contributed by atoms with van der Waals surface area (Å²) in [5.74, 6) is -0.147. The largest absolute Gasteiger partial charge is 0.343 e. The average Bonchev–Trinajstić information content (AvgIpc) is 3.18. The van der Waals surface area contributed by atoms with E-state index in [9.17, 15) is 4.79 Å². The maximum absolute atomic E-state index is 12.1. The minimum absolute atomic E-state index is 0.0958. The first-order chi connectivity index (χ1) is 10.6. The molecule has 6 nitrogen and oxygen atoms in total. The molecule has 1 amide bonds. The second-order valence-electron chi connectivity index (χ2n) is 4.92. The highest BCUT2D eigenvalue weighted by molar-refractivity contribution is 7.11. The van der Waals surface area contributed by atoms with E-state index in [1.165, 1.54) is 17.7 Å². The zero-order chi connectivity index (χ0) is 15.5. The summed E-state index contributed by atoms with van der Waals surface area (Å²) in [7, 11) is 0. The van der Waals surface area contributed by atoms with Crippen molar-refractivity contribution in [3.8, 4) is 5.69 Å². The number of amides is 1. The second kappa shape index (κ2) is 6.07. The molecule has 0 radical (unpaired) electrons. The Hall–Kier alpha value is -2.54. The number of carbonyl (C=O) groups excluding carboxylic acids is 1. The van der Waals surface area contributed by atoms with Gasteiger partial charge in [-0.2, -0.15) is 5.10 Å². The molecule has 0 unspecified atom stereocenters. The standard InChI is InChI=1S/C15H15N5OS/c1-10-7-22-15(18-10)14(21)19-11(2)12-3-5-13(6-4-12)20-9-16-8-17-20/h3-9,11H,1-2H3,(H,19,21)/t11-/m1/s1. The van der Waals surface area contributed by atoms with E-state index in [1.54, 1.807) is 11.0 Å². The lowest BCUT2D eigenvalue weighted by molar-refractivity contribution is 0.0939. The van der Waals surface area contributed by atoms with E-state index in [1.807, 2.05) is 43.5 Å². The quantitative estimate of drug-likeness (QED) is 0.803. The van der Waals surface area contributed by atoms with Gasteiger partial charge < -0.3 is 5.32 Å². The summed E-state index contributed by atoms with van der Waals surface area (Å²) in [4.78, 5) is 20.2. The minimum Gasteiger partial charge on any atom is -0.343 e. The fraction of sp³-hybridized carbons (Fsp3) is 0.200. The molecule has 0 aliphatic heterocycles. The lowest BCUT2D eigenvalue weighted by atomic mass is 10.1. The van der Waals surface area contributed by atoms with Crippen molar-refractivity contribution >= 4 is 17.2 Å². The summed E-state index contributed by atoms with van der Waals surface area (Å²) in [5, 5.41) is 9.39. The molecule has 112 valence electrons. The third-order valence-electron chi connectivity index (χ3n) is 3.24. The first-order valence-corrected chi connectivity index (χ1v) is 7.69. The first kappa shape index (κ1) is 14.4. The maximum atomic E-state index is 12.1. The van der Waals surface area contributed by atoms with Gasteiger partial charge in [0, 0.05) is 11.1 Å². The predicted molar refractivity (Wildman–Crippen MR) is 84.1 cm³/mol.